The molecule has 0 aliphatic heterocycles. The van der Waals surface area contributed by atoms with Gasteiger partial charge in [-0.1, -0.05) is 45.3 Å². The van der Waals surface area contributed by atoms with Crippen molar-refractivity contribution in [2.45, 2.75) is 59.8 Å². The normalized spacial score (nSPS) is 7.90. The van der Waals surface area contributed by atoms with E-state index in [1.165, 1.54) is 25.7 Å². The van der Waals surface area contributed by atoms with E-state index in [4.69, 9.17) is 14.9 Å². The van der Waals surface area contributed by atoms with Crippen molar-refractivity contribution >= 4 is 0 Å². The first kappa shape index (κ1) is 27.7. The molecule has 0 aliphatic carbocycles. The third kappa shape index (κ3) is 85.8. The highest BCUT2D eigenvalue weighted by Crippen LogP contribution is 1.98. The maximum absolute atomic E-state index is 7.62. The summed E-state index contributed by atoms with van der Waals surface area (Å²) in [5.41, 5.74) is 0. The van der Waals surface area contributed by atoms with Crippen LogP contribution in [0.1, 0.15) is 59.8 Å². The summed E-state index contributed by atoms with van der Waals surface area (Å²) >= 11 is 0. The first-order chi connectivity index (χ1) is 9.66. The van der Waals surface area contributed by atoms with Gasteiger partial charge in [-0.25, -0.2) is 0 Å². The fraction of sp³-hybridized carbons (Fsp3) is 0.765. The Morgan fingerprint density at radius 3 is 1.55 bits per heavy atom. The summed E-state index contributed by atoms with van der Waals surface area (Å²) in [5.74, 6) is 0. The van der Waals surface area contributed by atoms with E-state index >= 15 is 0 Å². The highest BCUT2D eigenvalue weighted by molar-refractivity contribution is 4.52. The van der Waals surface area contributed by atoms with Crippen molar-refractivity contribution in [2.75, 3.05) is 26.4 Å². The van der Waals surface area contributed by atoms with E-state index in [1.54, 1.807) is 12.2 Å². The first-order valence-electron chi connectivity index (χ1n) is 7.60. The lowest BCUT2D eigenvalue weighted by molar-refractivity contribution is 0.130. The Kier molecular flexibility index (Phi) is 59.3. The summed E-state index contributed by atoms with van der Waals surface area (Å²) in [6.45, 7) is 16.5. The van der Waals surface area contributed by atoms with Gasteiger partial charge in [0, 0.05) is 13.2 Å². The largest absolute Gasteiger partial charge is 0.394 e. The van der Waals surface area contributed by atoms with E-state index in [9.17, 15) is 0 Å². The second kappa shape index (κ2) is 42.9. The predicted octanol–water partition coefficient (Wildman–Crippen LogP) is 4.35. The Hall–Kier alpha value is -0.640. The summed E-state index contributed by atoms with van der Waals surface area (Å²) in [4.78, 5) is 0. The van der Waals surface area contributed by atoms with E-state index in [-0.39, 0.29) is 13.2 Å². The van der Waals surface area contributed by atoms with Gasteiger partial charge in [-0.3, -0.25) is 0 Å². The highest BCUT2D eigenvalue weighted by Gasteiger charge is 1.86. The van der Waals surface area contributed by atoms with Crippen LogP contribution in [0.2, 0.25) is 0 Å². The van der Waals surface area contributed by atoms with E-state index in [2.05, 4.69) is 27.0 Å². The molecule has 0 aromatic heterocycles. The SMILES string of the molecule is C=CC.C=CC.CCCCCCOCCC.OCCO. The van der Waals surface area contributed by atoms with Crippen molar-refractivity contribution in [1.82, 2.24) is 0 Å². The number of allylic oxidation sites excluding steroid dienone is 2. The molecule has 0 amide bonds. The topological polar surface area (TPSA) is 49.7 Å². The minimum absolute atomic E-state index is 0.125. The smallest absolute Gasteiger partial charge is 0.0662 e. The van der Waals surface area contributed by atoms with Gasteiger partial charge in [-0.05, 0) is 26.7 Å². The fourth-order valence-electron chi connectivity index (χ4n) is 0.877. The number of rotatable bonds is 8. The van der Waals surface area contributed by atoms with Crippen molar-refractivity contribution in [2.24, 2.45) is 0 Å². The lowest BCUT2D eigenvalue weighted by Gasteiger charge is -2.00. The number of hydrogen-bond donors (Lipinski definition) is 2. The van der Waals surface area contributed by atoms with E-state index < -0.39 is 0 Å². The Balaban J connectivity index is -0.000000106. The molecule has 20 heavy (non-hydrogen) atoms. The fourth-order valence-corrected chi connectivity index (χ4v) is 0.877. The third-order valence-electron chi connectivity index (χ3n) is 1.59. The van der Waals surface area contributed by atoms with Gasteiger partial charge in [-0.2, -0.15) is 0 Å². The van der Waals surface area contributed by atoms with Crippen LogP contribution in [-0.4, -0.2) is 36.6 Å². The summed E-state index contributed by atoms with van der Waals surface area (Å²) in [6, 6.07) is 0. The van der Waals surface area contributed by atoms with Crippen LogP contribution in [0.5, 0.6) is 0 Å². The molecule has 3 nitrogen and oxygen atoms in total. The summed E-state index contributed by atoms with van der Waals surface area (Å²) in [5, 5.41) is 15.2. The molecule has 0 radical (unpaired) electrons. The highest BCUT2D eigenvalue weighted by atomic mass is 16.5. The molecule has 0 bridgehead atoms. The van der Waals surface area contributed by atoms with Gasteiger partial charge in [0.15, 0.2) is 0 Å². The van der Waals surface area contributed by atoms with E-state index in [0.29, 0.717) is 0 Å². The zero-order valence-electron chi connectivity index (χ0n) is 14.2. The van der Waals surface area contributed by atoms with Crippen LogP contribution in [-0.2, 0) is 4.74 Å². The molecule has 124 valence electrons. The van der Waals surface area contributed by atoms with Crippen molar-refractivity contribution in [3.8, 4) is 0 Å². The number of aliphatic hydroxyl groups excluding tert-OH is 2. The molecule has 0 saturated heterocycles. The molecular formula is C17H38O3. The number of ether oxygens (including phenoxy) is 1. The second-order valence-electron chi connectivity index (χ2n) is 3.94. The molecule has 0 aliphatic rings. The van der Waals surface area contributed by atoms with Crippen molar-refractivity contribution in [1.29, 1.82) is 0 Å². The standard InChI is InChI=1S/C9H20O.2C3H6.C2H6O2/c1-3-5-6-7-9-10-8-4-2;2*1-3-2;3-1-2-4/h3-9H2,1-2H3;2*3H,1H2,2H3;3-4H,1-2H2. The molecule has 0 atom stereocenters. The van der Waals surface area contributed by atoms with Gasteiger partial charge in [-0.15, -0.1) is 13.2 Å². The average Bonchev–Trinajstić information content (AvgIpc) is 2.45. The van der Waals surface area contributed by atoms with Crippen molar-refractivity contribution < 1.29 is 14.9 Å². The number of aliphatic hydroxyl groups is 2. The Labute approximate surface area is 127 Å². The lowest BCUT2D eigenvalue weighted by Crippen LogP contribution is -1.94. The van der Waals surface area contributed by atoms with Crippen molar-refractivity contribution in [3.63, 3.8) is 0 Å². The summed E-state index contributed by atoms with van der Waals surface area (Å²) < 4.78 is 5.33. The van der Waals surface area contributed by atoms with Gasteiger partial charge < -0.3 is 14.9 Å². The number of unbranched alkanes of at least 4 members (excludes halogenated alkanes) is 3. The zero-order valence-corrected chi connectivity index (χ0v) is 14.2. The monoisotopic (exact) mass is 290 g/mol. The molecule has 0 saturated carbocycles. The maximum Gasteiger partial charge on any atom is 0.0662 e. The Morgan fingerprint density at radius 1 is 0.800 bits per heavy atom. The molecule has 3 heteroatoms. The van der Waals surface area contributed by atoms with E-state index in [0.717, 1.165) is 19.6 Å². The molecule has 0 unspecified atom stereocenters. The summed E-state index contributed by atoms with van der Waals surface area (Å²) in [6.07, 6.45) is 9.89. The number of hydrogen-bond acceptors (Lipinski definition) is 3. The molecule has 0 heterocycles. The van der Waals surface area contributed by atoms with Gasteiger partial charge in [0.2, 0.25) is 0 Å². The summed E-state index contributed by atoms with van der Waals surface area (Å²) in [7, 11) is 0. The van der Waals surface area contributed by atoms with E-state index in [1.807, 2.05) is 13.8 Å². The molecule has 0 aromatic rings. The lowest BCUT2D eigenvalue weighted by atomic mass is 10.2. The van der Waals surface area contributed by atoms with Gasteiger partial charge in [0.25, 0.3) is 0 Å². The molecule has 0 spiro atoms. The molecular weight excluding hydrogens is 252 g/mol. The minimum atomic E-state index is -0.125. The van der Waals surface area contributed by atoms with Crippen molar-refractivity contribution in [3.05, 3.63) is 25.3 Å². The molecule has 0 fully saturated rings. The molecule has 0 aromatic carbocycles. The van der Waals surface area contributed by atoms with Gasteiger partial charge in [0.05, 0.1) is 13.2 Å². The van der Waals surface area contributed by atoms with Gasteiger partial charge in [0.1, 0.15) is 0 Å². The first-order valence-corrected chi connectivity index (χ1v) is 7.60. The van der Waals surface area contributed by atoms with Crippen LogP contribution >= 0.6 is 0 Å². The van der Waals surface area contributed by atoms with Crippen LogP contribution < -0.4 is 0 Å². The Morgan fingerprint density at radius 2 is 1.25 bits per heavy atom. The third-order valence-corrected chi connectivity index (χ3v) is 1.59. The quantitative estimate of drug-likeness (QED) is 0.516. The van der Waals surface area contributed by atoms with Crippen LogP contribution in [0.4, 0.5) is 0 Å². The molecule has 2 N–H and O–H groups in total. The van der Waals surface area contributed by atoms with Crippen LogP contribution in [0.15, 0.2) is 25.3 Å². The van der Waals surface area contributed by atoms with Crippen LogP contribution in [0, 0.1) is 0 Å². The molecule has 0 rings (SSSR count). The minimum Gasteiger partial charge on any atom is -0.394 e. The van der Waals surface area contributed by atoms with Crippen LogP contribution in [0.25, 0.3) is 0 Å². The maximum atomic E-state index is 7.62. The van der Waals surface area contributed by atoms with Crippen LogP contribution in [0.3, 0.4) is 0 Å². The zero-order chi connectivity index (χ0) is 16.5. The predicted molar refractivity (Wildman–Crippen MR) is 91.2 cm³/mol. The van der Waals surface area contributed by atoms with Gasteiger partial charge >= 0.3 is 0 Å². The second-order valence-corrected chi connectivity index (χ2v) is 3.94. The average molecular weight is 290 g/mol. The Bertz CT molecular complexity index is 120.